The van der Waals surface area contributed by atoms with Crippen LogP contribution in [0, 0.1) is 0 Å². The van der Waals surface area contributed by atoms with Crippen molar-refractivity contribution in [1.29, 1.82) is 0 Å². The summed E-state index contributed by atoms with van der Waals surface area (Å²) in [4.78, 5) is 0. The Morgan fingerprint density at radius 3 is 0.689 bits per heavy atom. The van der Waals surface area contributed by atoms with Crippen LogP contribution >= 0.6 is 0 Å². The van der Waals surface area contributed by atoms with Gasteiger partial charge in [-0.3, -0.25) is 0 Å². The second kappa shape index (κ2) is 25.1. The normalized spacial score (nSPS) is 11.7. The van der Waals surface area contributed by atoms with Crippen molar-refractivity contribution in [3.63, 3.8) is 0 Å². The van der Waals surface area contributed by atoms with Crippen LogP contribution in [0.15, 0.2) is 291 Å². The summed E-state index contributed by atoms with van der Waals surface area (Å²) < 4.78 is 0. The van der Waals surface area contributed by atoms with Gasteiger partial charge in [0.05, 0.1) is 6.10 Å². The van der Waals surface area contributed by atoms with E-state index >= 15 is 0 Å². The number of aliphatic hydroxyl groups excluding tert-OH is 1. The van der Waals surface area contributed by atoms with E-state index < -0.39 is 0 Å². The smallest absolute Gasteiger partial charge is 0.123 e. The van der Waals surface area contributed by atoms with Gasteiger partial charge < -0.3 is 20.4 Å². The fourth-order valence-electron chi connectivity index (χ4n) is 12.8. The molecule has 0 aliphatic rings. The Morgan fingerprint density at radius 1 is 0.200 bits per heavy atom. The molecule has 0 heterocycles. The first kappa shape index (κ1) is 58.2. The lowest BCUT2D eigenvalue weighted by atomic mass is 9.94. The molecule has 0 saturated carbocycles. The number of benzene rings is 18. The van der Waals surface area contributed by atoms with Crippen LogP contribution in [0.25, 0.3) is 129 Å². The molecule has 1 unspecified atom stereocenters. The number of aromatic hydroxyl groups is 3. The topological polar surface area (TPSA) is 80.9 Å². The Balaban J connectivity index is 0.0000000996. The summed E-state index contributed by atoms with van der Waals surface area (Å²) in [6.07, 6.45) is -0.385. The molecule has 4 heteroatoms. The van der Waals surface area contributed by atoms with Crippen LogP contribution in [-0.2, 0) is 0 Å². The van der Waals surface area contributed by atoms with E-state index in [4.69, 9.17) is 0 Å². The predicted octanol–water partition coefficient (Wildman–Crippen LogP) is 23.7. The molecule has 0 saturated heterocycles. The van der Waals surface area contributed by atoms with Gasteiger partial charge in [-0.15, -0.1) is 0 Å². The fraction of sp³-hybridized carbons (Fsp3) is 0.0930. The molecule has 4 N–H and O–H groups in total. The van der Waals surface area contributed by atoms with E-state index in [9.17, 15) is 20.4 Å². The van der Waals surface area contributed by atoms with Crippen LogP contribution in [0.2, 0.25) is 0 Å². The first-order valence-electron chi connectivity index (χ1n) is 31.1. The quantitative estimate of drug-likeness (QED) is 0.133. The first-order valence-corrected chi connectivity index (χ1v) is 31.1. The summed E-state index contributed by atoms with van der Waals surface area (Å²) in [5, 5.41) is 67.9. The molecule has 0 aliphatic carbocycles. The summed E-state index contributed by atoms with van der Waals surface area (Å²) >= 11 is 0. The molecule has 0 fully saturated rings. The third kappa shape index (κ3) is 11.7. The molecule has 0 radical (unpaired) electrons. The van der Waals surface area contributed by atoms with Gasteiger partial charge >= 0.3 is 0 Å². The average Bonchev–Trinajstić information content (AvgIpc) is 0.804. The minimum atomic E-state index is -0.385. The van der Waals surface area contributed by atoms with Crippen molar-refractivity contribution < 1.29 is 20.4 Å². The summed E-state index contributed by atoms with van der Waals surface area (Å²) in [6.45, 7) is 10.7. The van der Waals surface area contributed by atoms with Crippen LogP contribution in [0.1, 0.15) is 69.2 Å². The molecule has 0 spiro atoms. The average molecular weight is 1170 g/mol. The standard InChI is InChI=1S/3C16H10O.2C13H14.C12H12O/c3*17-14-9-7-12-5-4-10-2-1-3-11-6-8-13(14)16(12)15(10)11;2*1-10(2)12-8-7-11-5-3-4-6-13(11)9-12;1-9(13)11-7-6-10-4-2-3-5-12(10)8-11/h3*1-9,17H;2*3-10H,1-2H3;2-9,13H,1H3. The third-order valence-electron chi connectivity index (χ3n) is 17.7. The van der Waals surface area contributed by atoms with Gasteiger partial charge in [-0.2, -0.15) is 0 Å². The van der Waals surface area contributed by atoms with Crippen molar-refractivity contribution in [1.82, 2.24) is 0 Å². The van der Waals surface area contributed by atoms with Gasteiger partial charge in [0, 0.05) is 32.3 Å². The maximum Gasteiger partial charge on any atom is 0.123 e. The number of rotatable bonds is 3. The van der Waals surface area contributed by atoms with Gasteiger partial charge in [-0.25, -0.2) is 0 Å². The fourth-order valence-corrected chi connectivity index (χ4v) is 12.8. The highest BCUT2D eigenvalue weighted by atomic mass is 16.3. The Kier molecular flexibility index (Phi) is 16.3. The van der Waals surface area contributed by atoms with E-state index in [1.807, 2.05) is 66.7 Å². The molecule has 0 bridgehead atoms. The molecule has 0 aliphatic heterocycles. The number of phenols is 3. The van der Waals surface area contributed by atoms with Crippen LogP contribution < -0.4 is 0 Å². The molecule has 438 valence electrons. The van der Waals surface area contributed by atoms with E-state index in [2.05, 4.69) is 234 Å². The molecule has 4 nitrogen and oxygen atoms in total. The molecule has 0 amide bonds. The van der Waals surface area contributed by atoms with Gasteiger partial charge in [0.1, 0.15) is 17.2 Å². The highest BCUT2D eigenvalue weighted by Gasteiger charge is 2.13. The SMILES string of the molecule is CC(C)c1ccc2ccccc2c1.CC(C)c1ccc2ccccc2c1.CC(O)c1ccc2ccccc2c1.Oc1ccc2ccc3cccc4ccc1c2c34.Oc1ccc2ccc3cccc4ccc1c2c34.Oc1ccc2ccc3cccc4ccc1c2c34. The zero-order valence-electron chi connectivity index (χ0n) is 51.2. The lowest BCUT2D eigenvalue weighted by Crippen LogP contribution is -1.89. The number of hydrogen-bond acceptors (Lipinski definition) is 4. The summed E-state index contributed by atoms with van der Waals surface area (Å²) in [6, 6.07) is 99.7. The van der Waals surface area contributed by atoms with Crippen LogP contribution in [0.3, 0.4) is 0 Å². The molecular weight excluding hydrogens is 1100 g/mol. The van der Waals surface area contributed by atoms with Crippen LogP contribution in [0.4, 0.5) is 0 Å². The zero-order valence-corrected chi connectivity index (χ0v) is 51.2. The minimum absolute atomic E-state index is 0.357. The number of hydrogen-bond donors (Lipinski definition) is 4. The Bertz CT molecular complexity index is 4930. The lowest BCUT2D eigenvalue weighted by Gasteiger charge is -2.11. The van der Waals surface area contributed by atoms with E-state index in [-0.39, 0.29) is 6.10 Å². The van der Waals surface area contributed by atoms with Crippen molar-refractivity contribution >= 4 is 129 Å². The molecule has 0 aromatic heterocycles. The predicted molar refractivity (Wildman–Crippen MR) is 386 cm³/mol. The molecular formula is C86H70O4. The molecule has 18 rings (SSSR count). The summed E-state index contributed by atoms with van der Waals surface area (Å²) in [5.41, 5.74) is 3.80. The highest BCUT2D eigenvalue weighted by molar-refractivity contribution is 6.26. The van der Waals surface area contributed by atoms with Crippen molar-refractivity contribution in [2.24, 2.45) is 0 Å². The molecule has 18 aromatic rings. The second-order valence-electron chi connectivity index (χ2n) is 24.1. The van der Waals surface area contributed by atoms with E-state index in [0.717, 1.165) is 21.7 Å². The lowest BCUT2D eigenvalue weighted by molar-refractivity contribution is 0.199. The number of fused-ring (bicyclic) bond motifs is 3. The van der Waals surface area contributed by atoms with E-state index in [1.54, 1.807) is 25.1 Å². The summed E-state index contributed by atoms with van der Waals surface area (Å²) in [5.74, 6) is 2.30. The van der Waals surface area contributed by atoms with Gasteiger partial charge in [0.2, 0.25) is 0 Å². The third-order valence-corrected chi connectivity index (χ3v) is 17.7. The highest BCUT2D eigenvalue weighted by Crippen LogP contribution is 2.41. The van der Waals surface area contributed by atoms with Crippen LogP contribution in [-0.4, -0.2) is 20.4 Å². The minimum Gasteiger partial charge on any atom is -0.507 e. The van der Waals surface area contributed by atoms with Crippen molar-refractivity contribution in [2.75, 3.05) is 0 Å². The number of aliphatic hydroxyl groups is 1. The van der Waals surface area contributed by atoms with E-state index in [0.29, 0.717) is 29.1 Å². The molecule has 18 aromatic carbocycles. The first-order chi connectivity index (χ1) is 43.8. The van der Waals surface area contributed by atoms with E-state index in [1.165, 1.54) is 124 Å². The molecule has 90 heavy (non-hydrogen) atoms. The molecule has 1 atom stereocenters. The zero-order chi connectivity index (χ0) is 62.0. The largest absolute Gasteiger partial charge is 0.507 e. The van der Waals surface area contributed by atoms with Crippen molar-refractivity contribution in [3.05, 3.63) is 308 Å². The Hall–Kier alpha value is -10.8. The van der Waals surface area contributed by atoms with Crippen LogP contribution in [0.5, 0.6) is 17.2 Å². The maximum absolute atomic E-state index is 9.95. The summed E-state index contributed by atoms with van der Waals surface area (Å²) in [7, 11) is 0. The Morgan fingerprint density at radius 2 is 0.411 bits per heavy atom. The van der Waals surface area contributed by atoms with Gasteiger partial charge in [-0.05, 0) is 157 Å². The Labute approximate surface area is 524 Å². The van der Waals surface area contributed by atoms with Gasteiger partial charge in [0.25, 0.3) is 0 Å². The maximum atomic E-state index is 9.95. The second-order valence-corrected chi connectivity index (χ2v) is 24.1. The van der Waals surface area contributed by atoms with Crippen molar-refractivity contribution in [3.8, 4) is 17.2 Å². The van der Waals surface area contributed by atoms with Gasteiger partial charge in [0.15, 0.2) is 0 Å². The number of phenolic OH excluding ortho intramolecular Hbond substituents is 3. The monoisotopic (exact) mass is 1170 g/mol. The van der Waals surface area contributed by atoms with Gasteiger partial charge in [-0.1, -0.05) is 295 Å². The van der Waals surface area contributed by atoms with Crippen molar-refractivity contribution in [2.45, 2.75) is 52.6 Å².